The summed E-state index contributed by atoms with van der Waals surface area (Å²) >= 11 is 5.71. The fourth-order valence-electron chi connectivity index (χ4n) is 2.80. The molecule has 5 nitrogen and oxygen atoms in total. The molecule has 0 radical (unpaired) electrons. The van der Waals surface area contributed by atoms with Gasteiger partial charge in [-0.15, -0.1) is 0 Å². The third-order valence-corrected chi connectivity index (χ3v) is 6.51. The van der Waals surface area contributed by atoms with Gasteiger partial charge in [0.1, 0.15) is 10.9 Å². The van der Waals surface area contributed by atoms with Gasteiger partial charge in [0.2, 0.25) is 10.0 Å². The van der Waals surface area contributed by atoms with Crippen molar-refractivity contribution in [1.82, 2.24) is 8.87 Å². The number of sulfonamides is 1. The van der Waals surface area contributed by atoms with Crippen molar-refractivity contribution in [2.45, 2.75) is 31.0 Å². The van der Waals surface area contributed by atoms with E-state index in [1.165, 1.54) is 19.1 Å². The Kier molecular flexibility index (Phi) is 6.27. The lowest BCUT2D eigenvalue weighted by molar-refractivity contribution is -0.173. The summed E-state index contributed by atoms with van der Waals surface area (Å²) in [5.41, 5.74) is -1.96. The Balaban J connectivity index is 2.73. The van der Waals surface area contributed by atoms with Gasteiger partial charge in [0, 0.05) is 30.4 Å². The lowest BCUT2D eigenvalue weighted by Crippen LogP contribution is -2.43. The van der Waals surface area contributed by atoms with Crippen molar-refractivity contribution in [1.29, 1.82) is 0 Å². The van der Waals surface area contributed by atoms with Gasteiger partial charge in [0.15, 0.2) is 5.82 Å². The van der Waals surface area contributed by atoms with Crippen molar-refractivity contribution in [2.75, 3.05) is 6.54 Å². The minimum absolute atomic E-state index is 0.187. The Morgan fingerprint density at radius 2 is 1.75 bits per heavy atom. The number of benzene rings is 1. The van der Waals surface area contributed by atoms with E-state index < -0.39 is 50.6 Å². The first-order chi connectivity index (χ1) is 12.8. The van der Waals surface area contributed by atoms with Gasteiger partial charge in [0.25, 0.3) is 5.56 Å². The second-order valence-electron chi connectivity index (χ2n) is 6.05. The molecule has 0 fully saturated rings. The van der Waals surface area contributed by atoms with Crippen LogP contribution in [0.25, 0.3) is 0 Å². The second kappa shape index (κ2) is 7.84. The molecule has 1 aromatic carbocycles. The Bertz CT molecular complexity index is 1030. The Hall–Kier alpha value is -1.91. The molecule has 0 aliphatic rings. The first kappa shape index (κ1) is 22.4. The van der Waals surface area contributed by atoms with Crippen molar-refractivity contribution in [3.8, 4) is 0 Å². The number of hydrogen-bond acceptors (Lipinski definition) is 3. The van der Waals surface area contributed by atoms with E-state index in [0.717, 1.165) is 32.3 Å². The minimum atomic E-state index is -4.95. The van der Waals surface area contributed by atoms with Gasteiger partial charge < -0.3 is 4.57 Å². The third-order valence-electron chi connectivity index (χ3n) is 4.20. The molecule has 0 saturated heterocycles. The molecule has 2 rings (SSSR count). The number of pyridine rings is 1. The number of alkyl halides is 3. The fraction of sp³-hybridized carbons (Fsp3) is 0.353. The Labute approximate surface area is 164 Å². The first-order valence-electron chi connectivity index (χ1n) is 8.02. The van der Waals surface area contributed by atoms with Crippen molar-refractivity contribution in [2.24, 2.45) is 7.05 Å². The molecule has 154 valence electrons. The van der Waals surface area contributed by atoms with Crippen LogP contribution in [0.15, 0.2) is 40.2 Å². The Morgan fingerprint density at radius 3 is 2.21 bits per heavy atom. The summed E-state index contributed by atoms with van der Waals surface area (Å²) in [5, 5.41) is 0.187. The van der Waals surface area contributed by atoms with Crippen LogP contribution in [0.3, 0.4) is 0 Å². The molecular weight excluding hydrogens is 424 g/mol. The summed E-state index contributed by atoms with van der Waals surface area (Å²) in [6.07, 6.45) is -4.14. The number of aromatic nitrogens is 1. The van der Waals surface area contributed by atoms with Gasteiger partial charge in [-0.05, 0) is 24.6 Å². The molecule has 1 heterocycles. The third kappa shape index (κ3) is 4.08. The maximum atomic E-state index is 14.1. The van der Waals surface area contributed by atoms with E-state index in [-0.39, 0.29) is 14.9 Å². The molecule has 0 amide bonds. The van der Waals surface area contributed by atoms with E-state index in [1.807, 2.05) is 0 Å². The van der Waals surface area contributed by atoms with Crippen molar-refractivity contribution < 1.29 is 26.0 Å². The van der Waals surface area contributed by atoms with Crippen molar-refractivity contribution in [3.05, 3.63) is 62.8 Å². The molecule has 2 aromatic rings. The smallest absolute Gasteiger partial charge is 0.315 e. The normalized spacial score (nSPS) is 13.8. The molecule has 0 aliphatic carbocycles. The zero-order chi connectivity index (χ0) is 21.4. The standard InChI is InChI=1S/C17H17ClF4N2O3S/c1-4-24(15(17(20,21)22)11-5-7-12(18)8-6-11)28(26,27)13-9-23(3)16(25)14(19)10(13)2/h5-9,15H,4H2,1-3H3/t15-/m1/s1. The monoisotopic (exact) mass is 440 g/mol. The fourth-order valence-corrected chi connectivity index (χ4v) is 4.80. The molecule has 0 aliphatic heterocycles. The predicted molar refractivity (Wildman–Crippen MR) is 96.2 cm³/mol. The van der Waals surface area contributed by atoms with Gasteiger partial charge in [-0.2, -0.15) is 17.5 Å². The van der Waals surface area contributed by atoms with Crippen LogP contribution in [0.1, 0.15) is 24.1 Å². The van der Waals surface area contributed by atoms with E-state index in [2.05, 4.69) is 0 Å². The van der Waals surface area contributed by atoms with Gasteiger partial charge in [-0.3, -0.25) is 4.79 Å². The first-order valence-corrected chi connectivity index (χ1v) is 9.84. The van der Waals surface area contributed by atoms with Gasteiger partial charge in [-0.1, -0.05) is 30.7 Å². The average molecular weight is 441 g/mol. The van der Waals surface area contributed by atoms with Crippen LogP contribution in [0, 0.1) is 12.7 Å². The minimum Gasteiger partial charge on any atom is -0.315 e. The summed E-state index contributed by atoms with van der Waals surface area (Å²) in [6, 6.07) is 2.07. The highest BCUT2D eigenvalue weighted by Crippen LogP contribution is 2.41. The molecule has 28 heavy (non-hydrogen) atoms. The average Bonchev–Trinajstić information content (AvgIpc) is 2.60. The largest absolute Gasteiger partial charge is 0.409 e. The molecule has 0 unspecified atom stereocenters. The maximum absolute atomic E-state index is 14.1. The lowest BCUT2D eigenvalue weighted by Gasteiger charge is -2.32. The topological polar surface area (TPSA) is 59.4 Å². The number of nitrogens with zero attached hydrogens (tertiary/aromatic N) is 2. The molecule has 1 aromatic heterocycles. The molecule has 11 heteroatoms. The second-order valence-corrected chi connectivity index (χ2v) is 8.35. The molecule has 0 bridgehead atoms. The van der Waals surface area contributed by atoms with Gasteiger partial charge in [0.05, 0.1) is 0 Å². The summed E-state index contributed by atoms with van der Waals surface area (Å²) in [4.78, 5) is 10.9. The quantitative estimate of drug-likeness (QED) is 0.664. The Morgan fingerprint density at radius 1 is 1.21 bits per heavy atom. The van der Waals surface area contributed by atoms with Crippen LogP contribution >= 0.6 is 11.6 Å². The zero-order valence-electron chi connectivity index (χ0n) is 15.1. The predicted octanol–water partition coefficient (Wildman–Crippen LogP) is 3.80. The van der Waals surface area contributed by atoms with Crippen molar-refractivity contribution in [3.63, 3.8) is 0 Å². The summed E-state index contributed by atoms with van der Waals surface area (Å²) in [6.45, 7) is 1.72. The highest BCUT2D eigenvalue weighted by Gasteiger charge is 2.49. The number of aryl methyl sites for hydroxylation is 1. The van der Waals surface area contributed by atoms with Gasteiger partial charge in [-0.25, -0.2) is 12.8 Å². The van der Waals surface area contributed by atoms with E-state index in [9.17, 15) is 30.8 Å². The summed E-state index contributed by atoms with van der Waals surface area (Å²) < 4.78 is 82.6. The molecule has 1 atom stereocenters. The highest BCUT2D eigenvalue weighted by atomic mass is 35.5. The van der Waals surface area contributed by atoms with Crippen LogP contribution in [0.2, 0.25) is 5.02 Å². The molecule has 0 N–H and O–H groups in total. The lowest BCUT2D eigenvalue weighted by atomic mass is 10.1. The van der Waals surface area contributed by atoms with Crippen LogP contribution in [-0.4, -0.2) is 30.0 Å². The molecule has 0 saturated carbocycles. The van der Waals surface area contributed by atoms with E-state index >= 15 is 0 Å². The maximum Gasteiger partial charge on any atom is 0.409 e. The molecular formula is C17H17ClF4N2O3S. The number of hydrogen-bond donors (Lipinski definition) is 0. The van der Waals surface area contributed by atoms with Crippen molar-refractivity contribution >= 4 is 21.6 Å². The number of rotatable bonds is 5. The van der Waals surface area contributed by atoms with E-state index in [1.54, 1.807) is 0 Å². The van der Waals surface area contributed by atoms with Crippen LogP contribution in [0.5, 0.6) is 0 Å². The zero-order valence-corrected chi connectivity index (χ0v) is 16.7. The number of halogens is 5. The van der Waals surface area contributed by atoms with E-state index in [4.69, 9.17) is 11.6 Å². The molecule has 0 spiro atoms. The SMILES string of the molecule is CCN([C@H](c1ccc(Cl)cc1)C(F)(F)F)S(=O)(=O)c1cn(C)c(=O)c(F)c1C. The van der Waals surface area contributed by atoms with E-state index in [0.29, 0.717) is 4.57 Å². The summed E-state index contributed by atoms with van der Waals surface area (Å²) in [7, 11) is -3.69. The van der Waals surface area contributed by atoms with Crippen LogP contribution in [0.4, 0.5) is 17.6 Å². The van der Waals surface area contributed by atoms with Crippen LogP contribution < -0.4 is 5.56 Å². The van der Waals surface area contributed by atoms with Crippen LogP contribution in [-0.2, 0) is 17.1 Å². The van der Waals surface area contributed by atoms with Gasteiger partial charge >= 0.3 is 6.18 Å². The summed E-state index contributed by atoms with van der Waals surface area (Å²) in [5.74, 6) is -1.34. The highest BCUT2D eigenvalue weighted by molar-refractivity contribution is 7.89.